The van der Waals surface area contributed by atoms with Gasteiger partial charge in [0, 0.05) is 25.8 Å². The number of aromatic nitrogens is 1. The summed E-state index contributed by atoms with van der Waals surface area (Å²) in [4.78, 5) is 6.89. The molecule has 19 heavy (non-hydrogen) atoms. The van der Waals surface area contributed by atoms with Crippen LogP contribution in [0.25, 0.3) is 0 Å². The minimum Gasteiger partial charge on any atom is -0.359 e. The predicted octanol–water partition coefficient (Wildman–Crippen LogP) is 3.38. The summed E-state index contributed by atoms with van der Waals surface area (Å²) in [5.74, 6) is 1.98. The van der Waals surface area contributed by atoms with Crippen LogP contribution < -0.4 is 10.2 Å². The first kappa shape index (κ1) is 14.3. The van der Waals surface area contributed by atoms with Crippen molar-refractivity contribution in [2.45, 2.75) is 45.6 Å². The molecule has 1 heterocycles. The molecule has 3 heteroatoms. The van der Waals surface area contributed by atoms with E-state index >= 15 is 0 Å². The van der Waals surface area contributed by atoms with E-state index in [1.54, 1.807) is 0 Å². The number of hydrogen-bond acceptors (Lipinski definition) is 3. The maximum Gasteiger partial charge on any atom is 0.128 e. The van der Waals surface area contributed by atoms with Gasteiger partial charge in [-0.3, -0.25) is 0 Å². The van der Waals surface area contributed by atoms with E-state index in [0.29, 0.717) is 6.04 Å². The molecular formula is C16H27N3. The Hall–Kier alpha value is -1.09. The van der Waals surface area contributed by atoms with Gasteiger partial charge in [-0.05, 0) is 50.3 Å². The van der Waals surface area contributed by atoms with Gasteiger partial charge in [-0.1, -0.05) is 19.4 Å². The standard InChI is InChI=1S/C16H27N3/c1-4-10-17-13(2)15-8-9-16(18-11-15)19(3)12-14-6-5-7-14/h8-9,11,13-14,17H,4-7,10,12H2,1-3H3. The van der Waals surface area contributed by atoms with E-state index < -0.39 is 0 Å². The first-order valence-electron chi connectivity index (χ1n) is 7.61. The molecule has 1 aliphatic rings. The van der Waals surface area contributed by atoms with Crippen LogP contribution in [-0.2, 0) is 0 Å². The summed E-state index contributed by atoms with van der Waals surface area (Å²) in [7, 11) is 2.15. The third-order valence-corrected chi connectivity index (χ3v) is 4.12. The van der Waals surface area contributed by atoms with Crippen molar-refractivity contribution >= 4 is 5.82 Å². The minimum absolute atomic E-state index is 0.387. The first-order valence-corrected chi connectivity index (χ1v) is 7.61. The van der Waals surface area contributed by atoms with Crippen molar-refractivity contribution in [3.63, 3.8) is 0 Å². The van der Waals surface area contributed by atoms with E-state index in [-0.39, 0.29) is 0 Å². The fraction of sp³-hybridized carbons (Fsp3) is 0.688. The number of anilines is 1. The molecule has 0 amide bonds. The summed E-state index contributed by atoms with van der Waals surface area (Å²) in [5.41, 5.74) is 1.27. The van der Waals surface area contributed by atoms with Crippen LogP contribution in [0.4, 0.5) is 5.82 Å². The summed E-state index contributed by atoms with van der Waals surface area (Å²) in [5, 5.41) is 3.49. The minimum atomic E-state index is 0.387. The van der Waals surface area contributed by atoms with Crippen molar-refractivity contribution in [2.24, 2.45) is 5.92 Å². The highest BCUT2D eigenvalue weighted by molar-refractivity contribution is 5.39. The van der Waals surface area contributed by atoms with E-state index in [0.717, 1.165) is 24.8 Å². The van der Waals surface area contributed by atoms with E-state index in [2.05, 4.69) is 48.2 Å². The molecule has 0 bridgehead atoms. The lowest BCUT2D eigenvalue weighted by Crippen LogP contribution is -2.29. The Labute approximate surface area is 117 Å². The summed E-state index contributed by atoms with van der Waals surface area (Å²) < 4.78 is 0. The zero-order valence-electron chi connectivity index (χ0n) is 12.5. The third-order valence-electron chi connectivity index (χ3n) is 4.12. The van der Waals surface area contributed by atoms with Gasteiger partial charge in [0.05, 0.1) is 0 Å². The zero-order chi connectivity index (χ0) is 13.7. The molecule has 1 aliphatic carbocycles. The van der Waals surface area contributed by atoms with Gasteiger partial charge in [0.25, 0.3) is 0 Å². The van der Waals surface area contributed by atoms with E-state index in [1.807, 2.05) is 6.20 Å². The summed E-state index contributed by atoms with van der Waals surface area (Å²) in [6, 6.07) is 4.74. The highest BCUT2D eigenvalue weighted by Gasteiger charge is 2.19. The van der Waals surface area contributed by atoms with Crippen LogP contribution in [0.5, 0.6) is 0 Å². The molecule has 1 saturated carbocycles. The SMILES string of the molecule is CCCNC(C)c1ccc(N(C)CC2CCC2)nc1. The lowest BCUT2D eigenvalue weighted by atomic mass is 9.85. The zero-order valence-corrected chi connectivity index (χ0v) is 12.5. The van der Waals surface area contributed by atoms with Crippen molar-refractivity contribution in [3.8, 4) is 0 Å². The number of nitrogens with one attached hydrogen (secondary N) is 1. The molecule has 1 aromatic rings. The molecule has 0 radical (unpaired) electrons. The summed E-state index contributed by atoms with van der Waals surface area (Å²) in [6.45, 7) is 6.60. The number of nitrogens with zero attached hydrogens (tertiary/aromatic N) is 2. The fourth-order valence-electron chi connectivity index (χ4n) is 2.51. The molecular weight excluding hydrogens is 234 g/mol. The van der Waals surface area contributed by atoms with Crippen molar-refractivity contribution in [3.05, 3.63) is 23.9 Å². The van der Waals surface area contributed by atoms with Gasteiger partial charge < -0.3 is 10.2 Å². The molecule has 0 aromatic carbocycles. The second-order valence-corrected chi connectivity index (χ2v) is 5.80. The highest BCUT2D eigenvalue weighted by Crippen LogP contribution is 2.28. The largest absolute Gasteiger partial charge is 0.359 e. The molecule has 1 unspecified atom stereocenters. The van der Waals surface area contributed by atoms with Crippen LogP contribution in [0.2, 0.25) is 0 Å². The maximum absolute atomic E-state index is 4.61. The molecule has 2 rings (SSSR count). The lowest BCUT2D eigenvalue weighted by molar-refractivity contribution is 0.321. The molecule has 106 valence electrons. The predicted molar refractivity (Wildman–Crippen MR) is 81.6 cm³/mol. The van der Waals surface area contributed by atoms with Gasteiger partial charge in [-0.25, -0.2) is 4.98 Å². The van der Waals surface area contributed by atoms with Crippen LogP contribution in [0, 0.1) is 5.92 Å². The van der Waals surface area contributed by atoms with E-state index in [4.69, 9.17) is 0 Å². The Balaban J connectivity index is 1.89. The average Bonchev–Trinajstić information content (AvgIpc) is 2.40. The summed E-state index contributed by atoms with van der Waals surface area (Å²) in [6.07, 6.45) is 7.37. The van der Waals surface area contributed by atoms with Crippen molar-refractivity contribution in [1.29, 1.82) is 0 Å². The Morgan fingerprint density at radius 2 is 2.21 bits per heavy atom. The Kier molecular flexibility index (Phi) is 5.20. The van der Waals surface area contributed by atoms with Crippen LogP contribution in [0.15, 0.2) is 18.3 Å². The monoisotopic (exact) mass is 261 g/mol. The topological polar surface area (TPSA) is 28.2 Å². The molecule has 3 nitrogen and oxygen atoms in total. The second-order valence-electron chi connectivity index (χ2n) is 5.80. The van der Waals surface area contributed by atoms with Crippen molar-refractivity contribution < 1.29 is 0 Å². The van der Waals surface area contributed by atoms with Crippen molar-refractivity contribution in [2.75, 3.05) is 25.0 Å². The number of rotatable bonds is 7. The first-order chi connectivity index (χ1) is 9.20. The van der Waals surface area contributed by atoms with Crippen LogP contribution in [0.3, 0.4) is 0 Å². The molecule has 0 spiro atoms. The lowest BCUT2D eigenvalue weighted by Gasteiger charge is -2.30. The fourth-order valence-corrected chi connectivity index (χ4v) is 2.51. The van der Waals surface area contributed by atoms with Gasteiger partial charge in [0.15, 0.2) is 0 Å². The van der Waals surface area contributed by atoms with Crippen molar-refractivity contribution in [1.82, 2.24) is 10.3 Å². The smallest absolute Gasteiger partial charge is 0.128 e. The van der Waals surface area contributed by atoms with Gasteiger partial charge in [-0.15, -0.1) is 0 Å². The molecule has 0 saturated heterocycles. The Bertz CT molecular complexity index is 370. The normalized spacial score (nSPS) is 17.0. The molecule has 1 atom stereocenters. The third kappa shape index (κ3) is 3.93. The molecule has 1 N–H and O–H groups in total. The van der Waals surface area contributed by atoms with Gasteiger partial charge in [0.2, 0.25) is 0 Å². The molecule has 0 aliphatic heterocycles. The van der Waals surface area contributed by atoms with Gasteiger partial charge in [-0.2, -0.15) is 0 Å². The van der Waals surface area contributed by atoms with Crippen LogP contribution in [-0.4, -0.2) is 25.1 Å². The Morgan fingerprint density at radius 3 is 2.74 bits per heavy atom. The summed E-state index contributed by atoms with van der Waals surface area (Å²) >= 11 is 0. The maximum atomic E-state index is 4.61. The quantitative estimate of drug-likeness (QED) is 0.815. The van der Waals surface area contributed by atoms with Gasteiger partial charge in [0.1, 0.15) is 5.82 Å². The number of pyridine rings is 1. The van der Waals surface area contributed by atoms with Crippen LogP contribution >= 0.6 is 0 Å². The second kappa shape index (κ2) is 6.90. The van der Waals surface area contributed by atoms with Gasteiger partial charge >= 0.3 is 0 Å². The number of hydrogen-bond donors (Lipinski definition) is 1. The Morgan fingerprint density at radius 1 is 1.42 bits per heavy atom. The molecule has 1 fully saturated rings. The highest BCUT2D eigenvalue weighted by atomic mass is 15.2. The molecule has 1 aromatic heterocycles. The van der Waals surface area contributed by atoms with Crippen LogP contribution in [0.1, 0.15) is 51.1 Å². The van der Waals surface area contributed by atoms with E-state index in [1.165, 1.54) is 31.2 Å². The average molecular weight is 261 g/mol. The van der Waals surface area contributed by atoms with E-state index in [9.17, 15) is 0 Å².